The Morgan fingerprint density at radius 3 is 2.70 bits per heavy atom. The predicted octanol–water partition coefficient (Wildman–Crippen LogP) is 3.58. The number of nitrogens with zero attached hydrogens (tertiary/aromatic N) is 1. The molecule has 0 radical (unpaired) electrons. The maximum Gasteiger partial charge on any atom is 0.222 e. The second-order valence-corrected chi connectivity index (χ2v) is 6.62. The van der Waals surface area contributed by atoms with Crippen LogP contribution in [-0.2, 0) is 11.3 Å². The highest BCUT2D eigenvalue weighted by molar-refractivity contribution is 5.86. The van der Waals surface area contributed by atoms with Crippen LogP contribution >= 0.6 is 0 Å². The Hall–Kier alpha value is -1.87. The Labute approximate surface area is 138 Å². The molecule has 0 aromatic heterocycles. The first-order chi connectivity index (χ1) is 11.2. The largest absolute Gasteiger partial charge is 0.341 e. The van der Waals surface area contributed by atoms with E-state index in [2.05, 4.69) is 47.8 Å². The van der Waals surface area contributed by atoms with Crippen LogP contribution in [0, 0.1) is 5.92 Å². The summed E-state index contributed by atoms with van der Waals surface area (Å²) in [6.45, 7) is 2.89. The molecule has 1 saturated heterocycles. The first-order valence-corrected chi connectivity index (χ1v) is 8.65. The third kappa shape index (κ3) is 4.11. The molecule has 1 aliphatic heterocycles. The summed E-state index contributed by atoms with van der Waals surface area (Å²) < 4.78 is 0. The molecule has 2 aromatic rings. The van der Waals surface area contributed by atoms with E-state index < -0.39 is 0 Å². The van der Waals surface area contributed by atoms with Crippen molar-refractivity contribution in [3.05, 3.63) is 48.0 Å². The normalized spacial score (nSPS) is 15.7. The number of amides is 1. The summed E-state index contributed by atoms with van der Waals surface area (Å²) in [5.74, 6) is 0.975. The average molecular weight is 310 g/mol. The minimum Gasteiger partial charge on any atom is -0.341 e. The summed E-state index contributed by atoms with van der Waals surface area (Å²) in [6.07, 6.45) is 4.12. The van der Waals surface area contributed by atoms with Crippen LogP contribution in [0.2, 0.25) is 0 Å². The van der Waals surface area contributed by atoms with Gasteiger partial charge in [0.1, 0.15) is 0 Å². The van der Waals surface area contributed by atoms with Crippen LogP contribution < -0.4 is 5.32 Å². The fourth-order valence-corrected chi connectivity index (χ4v) is 3.46. The minimum atomic E-state index is 0.261. The highest BCUT2D eigenvalue weighted by atomic mass is 16.2. The number of carbonyl (C=O) groups excluding carboxylic acids is 1. The number of hydrogen-bond donors (Lipinski definition) is 1. The highest BCUT2D eigenvalue weighted by Crippen LogP contribution is 2.21. The zero-order valence-electron chi connectivity index (χ0n) is 13.9. The Kier molecular flexibility index (Phi) is 5.29. The number of fused-ring (bicyclic) bond motifs is 1. The molecule has 0 spiro atoms. The van der Waals surface area contributed by atoms with Gasteiger partial charge in [0.2, 0.25) is 5.91 Å². The van der Waals surface area contributed by atoms with Gasteiger partial charge in [-0.1, -0.05) is 42.5 Å². The standard InChI is InChI=1S/C20H26N2O/c1-22(20(23)10-9-16-11-13-21-14-12-16)15-18-7-4-6-17-5-2-3-8-19(17)18/h2-8,16,21H,9-15H2,1H3. The van der Waals surface area contributed by atoms with Crippen LogP contribution in [0.4, 0.5) is 0 Å². The molecule has 1 amide bonds. The van der Waals surface area contributed by atoms with Crippen molar-refractivity contribution >= 4 is 16.7 Å². The molecule has 23 heavy (non-hydrogen) atoms. The number of benzene rings is 2. The van der Waals surface area contributed by atoms with Crippen LogP contribution in [0.3, 0.4) is 0 Å². The van der Waals surface area contributed by atoms with Gasteiger partial charge in [-0.25, -0.2) is 0 Å². The number of piperidine rings is 1. The second-order valence-electron chi connectivity index (χ2n) is 6.62. The molecule has 2 aromatic carbocycles. The summed E-state index contributed by atoms with van der Waals surface area (Å²) >= 11 is 0. The van der Waals surface area contributed by atoms with E-state index in [1.165, 1.54) is 29.2 Å². The fourth-order valence-electron chi connectivity index (χ4n) is 3.46. The number of carbonyl (C=O) groups is 1. The number of hydrogen-bond acceptors (Lipinski definition) is 2. The maximum absolute atomic E-state index is 12.4. The van der Waals surface area contributed by atoms with E-state index in [-0.39, 0.29) is 5.91 Å². The van der Waals surface area contributed by atoms with Gasteiger partial charge in [-0.15, -0.1) is 0 Å². The van der Waals surface area contributed by atoms with Gasteiger partial charge in [0.05, 0.1) is 0 Å². The number of rotatable bonds is 5. The smallest absolute Gasteiger partial charge is 0.222 e. The Morgan fingerprint density at radius 2 is 1.87 bits per heavy atom. The molecule has 1 aliphatic rings. The van der Waals surface area contributed by atoms with Gasteiger partial charge in [-0.3, -0.25) is 4.79 Å². The summed E-state index contributed by atoms with van der Waals surface area (Å²) in [6, 6.07) is 14.7. The molecule has 0 atom stereocenters. The van der Waals surface area contributed by atoms with E-state index in [0.717, 1.165) is 19.5 Å². The Bertz CT molecular complexity index is 656. The van der Waals surface area contributed by atoms with Crippen molar-refractivity contribution < 1.29 is 4.79 Å². The van der Waals surface area contributed by atoms with Gasteiger partial charge in [0.15, 0.2) is 0 Å². The number of nitrogens with one attached hydrogen (secondary N) is 1. The lowest BCUT2D eigenvalue weighted by molar-refractivity contribution is -0.130. The van der Waals surface area contributed by atoms with Crippen LogP contribution in [0.1, 0.15) is 31.2 Å². The van der Waals surface area contributed by atoms with Crippen molar-refractivity contribution in [1.82, 2.24) is 10.2 Å². The molecular weight excluding hydrogens is 284 g/mol. The first-order valence-electron chi connectivity index (χ1n) is 8.65. The lowest BCUT2D eigenvalue weighted by Crippen LogP contribution is -2.30. The van der Waals surface area contributed by atoms with Crippen molar-refractivity contribution in [3.63, 3.8) is 0 Å². The van der Waals surface area contributed by atoms with Gasteiger partial charge in [-0.2, -0.15) is 0 Å². The second kappa shape index (κ2) is 7.60. The lowest BCUT2D eigenvalue weighted by atomic mass is 9.93. The van der Waals surface area contributed by atoms with E-state index in [9.17, 15) is 4.79 Å². The fraction of sp³-hybridized carbons (Fsp3) is 0.450. The SMILES string of the molecule is CN(Cc1cccc2ccccc12)C(=O)CCC1CCNCC1. The topological polar surface area (TPSA) is 32.3 Å². The third-order valence-electron chi connectivity index (χ3n) is 4.94. The average Bonchev–Trinajstić information content (AvgIpc) is 2.61. The third-order valence-corrected chi connectivity index (χ3v) is 4.94. The monoisotopic (exact) mass is 310 g/mol. The van der Waals surface area contributed by atoms with E-state index in [0.29, 0.717) is 18.9 Å². The molecule has 0 saturated carbocycles. The van der Waals surface area contributed by atoms with Gasteiger partial charge < -0.3 is 10.2 Å². The van der Waals surface area contributed by atoms with Gasteiger partial charge in [0.25, 0.3) is 0 Å². The zero-order valence-corrected chi connectivity index (χ0v) is 13.9. The summed E-state index contributed by atoms with van der Waals surface area (Å²) in [7, 11) is 1.92. The lowest BCUT2D eigenvalue weighted by Gasteiger charge is -2.24. The molecule has 0 aliphatic carbocycles. The summed E-state index contributed by atoms with van der Waals surface area (Å²) in [5, 5.41) is 5.86. The van der Waals surface area contributed by atoms with Crippen molar-refractivity contribution in [2.75, 3.05) is 20.1 Å². The Morgan fingerprint density at radius 1 is 1.13 bits per heavy atom. The first kappa shape index (κ1) is 16.0. The van der Waals surface area contributed by atoms with Crippen LogP contribution in [0.25, 0.3) is 10.8 Å². The zero-order chi connectivity index (χ0) is 16.1. The molecule has 3 nitrogen and oxygen atoms in total. The van der Waals surface area contributed by atoms with Crippen LogP contribution in [-0.4, -0.2) is 30.9 Å². The summed E-state index contributed by atoms with van der Waals surface area (Å²) in [5.41, 5.74) is 1.22. The molecule has 1 N–H and O–H groups in total. The van der Waals surface area contributed by atoms with E-state index in [4.69, 9.17) is 0 Å². The van der Waals surface area contributed by atoms with Gasteiger partial charge in [-0.05, 0) is 54.6 Å². The predicted molar refractivity (Wildman–Crippen MR) is 95.2 cm³/mol. The van der Waals surface area contributed by atoms with E-state index in [1.807, 2.05) is 11.9 Å². The quantitative estimate of drug-likeness (QED) is 0.915. The van der Waals surface area contributed by atoms with Crippen LogP contribution in [0.15, 0.2) is 42.5 Å². The van der Waals surface area contributed by atoms with Crippen LogP contribution in [0.5, 0.6) is 0 Å². The van der Waals surface area contributed by atoms with Crippen molar-refractivity contribution in [3.8, 4) is 0 Å². The molecule has 1 fully saturated rings. The van der Waals surface area contributed by atoms with Gasteiger partial charge in [0, 0.05) is 20.0 Å². The molecule has 3 heteroatoms. The van der Waals surface area contributed by atoms with E-state index >= 15 is 0 Å². The molecule has 1 heterocycles. The maximum atomic E-state index is 12.4. The van der Waals surface area contributed by atoms with Crippen molar-refractivity contribution in [2.24, 2.45) is 5.92 Å². The molecule has 0 unspecified atom stereocenters. The highest BCUT2D eigenvalue weighted by Gasteiger charge is 2.16. The molecule has 122 valence electrons. The molecule has 3 rings (SSSR count). The Balaban J connectivity index is 1.59. The minimum absolute atomic E-state index is 0.261. The summed E-state index contributed by atoms with van der Waals surface area (Å²) in [4.78, 5) is 14.3. The molecular formula is C20H26N2O. The van der Waals surface area contributed by atoms with Crippen molar-refractivity contribution in [2.45, 2.75) is 32.2 Å². The van der Waals surface area contributed by atoms with E-state index in [1.54, 1.807) is 0 Å². The molecule has 0 bridgehead atoms. The van der Waals surface area contributed by atoms with Gasteiger partial charge >= 0.3 is 0 Å². The van der Waals surface area contributed by atoms with Crippen molar-refractivity contribution in [1.29, 1.82) is 0 Å².